The van der Waals surface area contributed by atoms with Gasteiger partial charge in [0, 0.05) is 11.0 Å². The number of ketones is 1. The fraction of sp³-hybridized carbons (Fsp3) is 0.812. The molecule has 136 valence electrons. The van der Waals surface area contributed by atoms with Crippen molar-refractivity contribution in [2.45, 2.75) is 63.4 Å². The van der Waals surface area contributed by atoms with Crippen LogP contribution in [0.15, 0.2) is 0 Å². The van der Waals surface area contributed by atoms with E-state index in [0.717, 1.165) is 12.2 Å². The van der Waals surface area contributed by atoms with Crippen LogP contribution in [0.25, 0.3) is 0 Å². The zero-order valence-corrected chi connectivity index (χ0v) is 15.2. The van der Waals surface area contributed by atoms with Crippen molar-refractivity contribution in [1.29, 1.82) is 0 Å². The van der Waals surface area contributed by atoms with Crippen LogP contribution in [-0.2, 0) is 9.59 Å². The van der Waals surface area contributed by atoms with Gasteiger partial charge in [-0.2, -0.15) is 11.8 Å². The summed E-state index contributed by atoms with van der Waals surface area (Å²) in [5.41, 5.74) is 5.48. The Morgan fingerprint density at radius 2 is 2.04 bits per heavy atom. The number of aliphatic carboxylic acids is 1. The van der Waals surface area contributed by atoms with Crippen molar-refractivity contribution in [3.05, 3.63) is 0 Å². The largest absolute Gasteiger partial charge is 0.481 e. The summed E-state index contributed by atoms with van der Waals surface area (Å²) >= 11 is 1.78. The van der Waals surface area contributed by atoms with E-state index in [1.165, 1.54) is 0 Å². The molecule has 0 aromatic heterocycles. The number of amides is 2. The maximum atomic E-state index is 12.4. The molecule has 0 aromatic rings. The third kappa shape index (κ3) is 4.22. The average Bonchev–Trinajstić information content (AvgIpc) is 3.00. The number of carbonyl (C=O) groups is 3. The lowest BCUT2D eigenvalue weighted by molar-refractivity contribution is -0.147. The lowest BCUT2D eigenvalue weighted by atomic mass is 9.79. The first-order chi connectivity index (χ1) is 11.1. The summed E-state index contributed by atoms with van der Waals surface area (Å²) in [4.78, 5) is 35.2. The number of Topliss-reactive ketones (excluding diaryl/α,β-unsaturated/α-hetero) is 1. The molecule has 0 spiro atoms. The van der Waals surface area contributed by atoms with Gasteiger partial charge in [-0.15, -0.1) is 0 Å². The van der Waals surface area contributed by atoms with Crippen molar-refractivity contribution in [2.24, 2.45) is 17.1 Å². The van der Waals surface area contributed by atoms with E-state index in [2.05, 4.69) is 10.6 Å². The molecule has 8 heteroatoms. The molecule has 2 amide bonds. The van der Waals surface area contributed by atoms with Crippen molar-refractivity contribution >= 4 is 29.5 Å². The lowest BCUT2D eigenvalue weighted by Gasteiger charge is -2.28. The molecule has 24 heavy (non-hydrogen) atoms. The van der Waals surface area contributed by atoms with Crippen molar-refractivity contribution in [1.82, 2.24) is 10.6 Å². The number of rotatable bonds is 7. The van der Waals surface area contributed by atoms with Crippen LogP contribution in [0.4, 0.5) is 4.79 Å². The Kier molecular flexibility index (Phi) is 5.80. The third-order valence-corrected chi connectivity index (χ3v) is 6.31. The van der Waals surface area contributed by atoms with Gasteiger partial charge in [-0.1, -0.05) is 27.2 Å². The van der Waals surface area contributed by atoms with E-state index in [1.54, 1.807) is 11.8 Å². The van der Waals surface area contributed by atoms with Crippen LogP contribution in [-0.4, -0.2) is 52.0 Å². The third-order valence-electron chi connectivity index (χ3n) is 4.80. The van der Waals surface area contributed by atoms with Gasteiger partial charge >= 0.3 is 12.0 Å². The Balaban J connectivity index is 1.87. The molecule has 2 saturated heterocycles. The SMILES string of the molecule is CC(C)(C)C(N)C(=O)C(CCC[C@@H]1SC[C@@H]2NC(=O)N[C@@H]21)C(=O)O. The van der Waals surface area contributed by atoms with Gasteiger partial charge in [-0.25, -0.2) is 4.79 Å². The molecule has 0 aromatic carbocycles. The number of thioether (sulfide) groups is 1. The van der Waals surface area contributed by atoms with Crippen LogP contribution < -0.4 is 16.4 Å². The van der Waals surface area contributed by atoms with Gasteiger partial charge in [-0.05, 0) is 18.3 Å². The molecule has 0 radical (unpaired) electrons. The quantitative estimate of drug-likeness (QED) is 0.398. The minimum atomic E-state index is -1.10. The maximum absolute atomic E-state index is 12.4. The maximum Gasteiger partial charge on any atom is 0.315 e. The van der Waals surface area contributed by atoms with Crippen molar-refractivity contribution in [2.75, 3.05) is 5.75 Å². The molecule has 2 unspecified atom stereocenters. The molecule has 2 aliphatic heterocycles. The zero-order chi connectivity index (χ0) is 18.1. The molecule has 5 atom stereocenters. The highest BCUT2D eigenvalue weighted by Crippen LogP contribution is 2.33. The second kappa shape index (κ2) is 7.31. The van der Waals surface area contributed by atoms with Gasteiger partial charge in [0.1, 0.15) is 5.92 Å². The number of hydrogen-bond acceptors (Lipinski definition) is 5. The second-order valence-corrected chi connectivity index (χ2v) is 8.96. The van der Waals surface area contributed by atoms with Gasteiger partial charge in [0.25, 0.3) is 0 Å². The highest BCUT2D eigenvalue weighted by molar-refractivity contribution is 8.00. The topological polar surface area (TPSA) is 122 Å². The fourth-order valence-corrected chi connectivity index (χ4v) is 4.74. The van der Waals surface area contributed by atoms with Gasteiger partial charge in [0.15, 0.2) is 5.78 Å². The first-order valence-corrected chi connectivity index (χ1v) is 9.37. The lowest BCUT2D eigenvalue weighted by Crippen LogP contribution is -2.47. The van der Waals surface area contributed by atoms with Gasteiger partial charge in [-0.3, -0.25) is 9.59 Å². The number of urea groups is 1. The van der Waals surface area contributed by atoms with Crippen molar-refractivity contribution < 1.29 is 19.5 Å². The molecule has 5 N–H and O–H groups in total. The molecule has 2 heterocycles. The van der Waals surface area contributed by atoms with Crippen LogP contribution in [0, 0.1) is 11.3 Å². The molecule has 7 nitrogen and oxygen atoms in total. The Labute approximate surface area is 146 Å². The molecule has 2 rings (SSSR count). The number of nitrogens with two attached hydrogens (primary N) is 1. The van der Waals surface area contributed by atoms with Crippen LogP contribution in [0.5, 0.6) is 0 Å². The van der Waals surface area contributed by atoms with E-state index in [4.69, 9.17) is 5.73 Å². The number of carboxylic acid groups (broad SMARTS) is 1. The van der Waals surface area contributed by atoms with E-state index in [9.17, 15) is 19.5 Å². The summed E-state index contributed by atoms with van der Waals surface area (Å²) in [6.07, 6.45) is 1.68. The van der Waals surface area contributed by atoms with E-state index in [0.29, 0.717) is 6.42 Å². The zero-order valence-electron chi connectivity index (χ0n) is 14.4. The smallest absolute Gasteiger partial charge is 0.315 e. The second-order valence-electron chi connectivity index (χ2n) is 7.69. The van der Waals surface area contributed by atoms with E-state index in [1.807, 2.05) is 20.8 Å². The summed E-state index contributed by atoms with van der Waals surface area (Å²) in [6.45, 7) is 5.50. The van der Waals surface area contributed by atoms with Gasteiger partial charge in [0.2, 0.25) is 0 Å². The fourth-order valence-electron chi connectivity index (χ4n) is 3.20. The Morgan fingerprint density at radius 1 is 1.38 bits per heavy atom. The minimum absolute atomic E-state index is 0.0957. The number of carboxylic acids is 1. The number of carbonyl (C=O) groups excluding carboxylic acids is 2. The van der Waals surface area contributed by atoms with Gasteiger partial charge < -0.3 is 21.5 Å². The summed E-state index contributed by atoms with van der Waals surface area (Å²) in [5.74, 6) is -1.70. The van der Waals surface area contributed by atoms with Crippen molar-refractivity contribution in [3.63, 3.8) is 0 Å². The molecule has 0 bridgehead atoms. The monoisotopic (exact) mass is 357 g/mol. The van der Waals surface area contributed by atoms with Crippen molar-refractivity contribution in [3.8, 4) is 0 Å². The van der Waals surface area contributed by atoms with Crippen LogP contribution in [0.2, 0.25) is 0 Å². The first-order valence-electron chi connectivity index (χ1n) is 8.32. The summed E-state index contributed by atoms with van der Waals surface area (Å²) in [6, 6.07) is -0.677. The van der Waals surface area contributed by atoms with E-state index < -0.39 is 29.1 Å². The Bertz CT molecular complexity index is 520. The standard InChI is InChI=1S/C16H27N3O4S/c1-16(2,3)13(17)12(20)8(14(21)22)5-4-6-10-11-9(7-24-10)18-15(23)19-11/h8-11,13H,4-7,17H2,1-3H3,(H,21,22)(H2,18,19,23)/t8?,9-,10-,11-,13?/m0/s1. The van der Waals surface area contributed by atoms with Gasteiger partial charge in [0.05, 0.1) is 18.1 Å². The number of fused-ring (bicyclic) bond motifs is 1. The summed E-state index contributed by atoms with van der Waals surface area (Å²) < 4.78 is 0. The summed E-state index contributed by atoms with van der Waals surface area (Å²) in [7, 11) is 0. The minimum Gasteiger partial charge on any atom is -0.481 e. The molecule has 2 aliphatic rings. The molecular formula is C16H27N3O4S. The highest BCUT2D eigenvalue weighted by Gasteiger charge is 2.43. The van der Waals surface area contributed by atoms with Crippen LogP contribution >= 0.6 is 11.8 Å². The molecule has 0 saturated carbocycles. The predicted molar refractivity (Wildman–Crippen MR) is 92.9 cm³/mol. The normalized spacial score (nSPS) is 28.7. The van der Waals surface area contributed by atoms with Crippen LogP contribution in [0.3, 0.4) is 0 Å². The molecule has 2 fully saturated rings. The Hall–Kier alpha value is -1.28. The Morgan fingerprint density at radius 3 is 2.62 bits per heavy atom. The van der Waals surface area contributed by atoms with E-state index >= 15 is 0 Å². The summed E-state index contributed by atoms with van der Waals surface area (Å²) in [5, 5.41) is 15.4. The molecule has 0 aliphatic carbocycles. The van der Waals surface area contributed by atoms with Crippen LogP contribution in [0.1, 0.15) is 40.0 Å². The first kappa shape index (κ1) is 19.1. The molecular weight excluding hydrogens is 330 g/mol. The highest BCUT2D eigenvalue weighted by atomic mass is 32.2. The predicted octanol–water partition coefficient (Wildman–Crippen LogP) is 0.965. The average molecular weight is 357 g/mol. The van der Waals surface area contributed by atoms with E-state index in [-0.39, 0.29) is 29.8 Å². The number of hydrogen-bond donors (Lipinski definition) is 4. The number of nitrogens with one attached hydrogen (secondary N) is 2.